The highest BCUT2D eigenvalue weighted by atomic mass is 16.3. The number of terminal acetylenes is 1. The van der Waals surface area contributed by atoms with Crippen molar-refractivity contribution in [1.29, 1.82) is 0 Å². The first-order valence-corrected chi connectivity index (χ1v) is 12.0. The number of ketones is 1. The summed E-state index contributed by atoms with van der Waals surface area (Å²) < 4.78 is 0. The molecule has 38 heavy (non-hydrogen) atoms. The highest BCUT2D eigenvalue weighted by Gasteiger charge is 2.22. The first kappa shape index (κ1) is 25.7. The number of carbonyl (C=O) groups excluding carboxylic acids is 1. The van der Waals surface area contributed by atoms with Crippen molar-refractivity contribution in [1.82, 2.24) is 0 Å². The van der Waals surface area contributed by atoms with Gasteiger partial charge in [-0.1, -0.05) is 72.7 Å². The molecule has 0 unspecified atom stereocenters. The molecule has 0 heterocycles. The molecule has 0 spiro atoms. The first-order chi connectivity index (χ1) is 18.5. The van der Waals surface area contributed by atoms with Gasteiger partial charge in [-0.15, -0.1) is 6.42 Å². The van der Waals surface area contributed by atoms with Crippen LogP contribution in [0.15, 0.2) is 84.9 Å². The molecule has 0 atom stereocenters. The largest absolute Gasteiger partial charge is 0.504 e. The average Bonchev–Trinajstić information content (AvgIpc) is 2.96. The molecule has 4 heteroatoms. The molecule has 0 saturated carbocycles. The fraction of sp³-hybridized carbons (Fsp3) is 0.0882. The van der Waals surface area contributed by atoms with E-state index in [0.717, 1.165) is 28.7 Å². The minimum atomic E-state index is -0.685. The van der Waals surface area contributed by atoms with Crippen LogP contribution in [-0.2, 0) is 12.8 Å². The van der Waals surface area contributed by atoms with Gasteiger partial charge in [-0.25, -0.2) is 0 Å². The number of phenols is 3. The highest BCUT2D eigenvalue weighted by molar-refractivity contribution is 6.11. The second-order valence-electron chi connectivity index (χ2n) is 8.60. The predicted molar refractivity (Wildman–Crippen MR) is 149 cm³/mol. The van der Waals surface area contributed by atoms with Gasteiger partial charge in [0.1, 0.15) is 0 Å². The van der Waals surface area contributed by atoms with E-state index in [4.69, 9.17) is 6.42 Å². The molecule has 0 radical (unpaired) electrons. The molecule has 0 amide bonds. The molecule has 0 bridgehead atoms. The van der Waals surface area contributed by atoms with Gasteiger partial charge in [0.15, 0.2) is 17.3 Å². The summed E-state index contributed by atoms with van der Waals surface area (Å²) in [6.07, 6.45) is 6.99. The van der Waals surface area contributed by atoms with Crippen molar-refractivity contribution in [2.24, 2.45) is 0 Å². The van der Waals surface area contributed by atoms with Gasteiger partial charge >= 0.3 is 0 Å². The quantitative estimate of drug-likeness (QED) is 0.170. The fourth-order valence-corrected chi connectivity index (χ4v) is 4.08. The highest BCUT2D eigenvalue weighted by Crippen LogP contribution is 2.41. The van der Waals surface area contributed by atoms with E-state index in [9.17, 15) is 20.1 Å². The number of rotatable bonds is 7. The van der Waals surface area contributed by atoms with Crippen LogP contribution < -0.4 is 0 Å². The summed E-state index contributed by atoms with van der Waals surface area (Å²) in [5.74, 6) is 10.6. The number of hydrogen-bond acceptors (Lipinski definition) is 4. The van der Waals surface area contributed by atoms with Gasteiger partial charge in [-0.05, 0) is 83.4 Å². The summed E-state index contributed by atoms with van der Waals surface area (Å²) in [4.78, 5) is 13.2. The summed E-state index contributed by atoms with van der Waals surface area (Å²) in [7, 11) is 0. The van der Waals surface area contributed by atoms with Gasteiger partial charge in [0.05, 0.1) is 5.56 Å². The summed E-state index contributed by atoms with van der Waals surface area (Å²) in [6.45, 7) is 0. The van der Waals surface area contributed by atoms with Crippen LogP contribution >= 0.6 is 0 Å². The van der Waals surface area contributed by atoms with Gasteiger partial charge in [-0.2, -0.15) is 0 Å². The molecule has 3 N–H and O–H groups in total. The summed E-state index contributed by atoms with van der Waals surface area (Å²) in [5, 5.41) is 31.1. The van der Waals surface area contributed by atoms with Gasteiger partial charge in [0, 0.05) is 11.1 Å². The zero-order valence-electron chi connectivity index (χ0n) is 20.5. The third-order valence-corrected chi connectivity index (χ3v) is 6.09. The number of aromatic hydroxyl groups is 3. The van der Waals surface area contributed by atoms with Gasteiger partial charge in [0.25, 0.3) is 0 Å². The van der Waals surface area contributed by atoms with Crippen LogP contribution in [0, 0.1) is 36.0 Å². The topological polar surface area (TPSA) is 77.8 Å². The SMILES string of the molecule is C#CC#CC#Cc1ccc(-c2ccc(C(=O)c3cc(CCCc4ccccc4)c(O)c(O)c3O)cc2)cc1. The van der Waals surface area contributed by atoms with E-state index in [2.05, 4.69) is 29.6 Å². The lowest BCUT2D eigenvalue weighted by Gasteiger charge is -2.12. The maximum Gasteiger partial charge on any atom is 0.201 e. The number of hydrogen-bond donors (Lipinski definition) is 3. The monoisotopic (exact) mass is 496 g/mol. The zero-order chi connectivity index (χ0) is 26.9. The molecule has 4 aromatic rings. The number of benzene rings is 4. The van der Waals surface area contributed by atoms with E-state index in [-0.39, 0.29) is 5.56 Å². The van der Waals surface area contributed by atoms with Gasteiger partial charge in [-0.3, -0.25) is 4.79 Å². The van der Waals surface area contributed by atoms with Crippen molar-refractivity contribution in [3.05, 3.63) is 113 Å². The van der Waals surface area contributed by atoms with Crippen molar-refractivity contribution in [3.63, 3.8) is 0 Å². The Bertz CT molecular complexity index is 1620. The number of phenolic OH excluding ortho intramolecular Hbond substituents is 3. The van der Waals surface area contributed by atoms with Crippen LogP contribution in [0.4, 0.5) is 0 Å². The van der Waals surface area contributed by atoms with Crippen LogP contribution in [0.2, 0.25) is 0 Å². The van der Waals surface area contributed by atoms with Crippen molar-refractivity contribution in [2.75, 3.05) is 0 Å². The summed E-state index contributed by atoms with van der Waals surface area (Å²) in [5.41, 5.74) is 4.49. The van der Waals surface area contributed by atoms with Crippen molar-refractivity contribution in [2.45, 2.75) is 19.3 Å². The Morgan fingerprint density at radius 1 is 0.711 bits per heavy atom. The molecule has 0 aliphatic rings. The first-order valence-electron chi connectivity index (χ1n) is 12.0. The molecule has 4 aromatic carbocycles. The fourth-order valence-electron chi connectivity index (χ4n) is 4.08. The second-order valence-corrected chi connectivity index (χ2v) is 8.60. The Hall–Kier alpha value is -5.37. The Morgan fingerprint density at radius 3 is 2.03 bits per heavy atom. The molecule has 4 nitrogen and oxygen atoms in total. The summed E-state index contributed by atoms with van der Waals surface area (Å²) >= 11 is 0. The van der Waals surface area contributed by atoms with Gasteiger partial charge < -0.3 is 15.3 Å². The van der Waals surface area contributed by atoms with Crippen molar-refractivity contribution in [3.8, 4) is 64.4 Å². The molecule has 0 aromatic heterocycles. The Kier molecular flexibility index (Phi) is 8.15. The predicted octanol–water partition coefficient (Wildman–Crippen LogP) is 5.86. The van der Waals surface area contributed by atoms with Crippen LogP contribution in [0.25, 0.3) is 11.1 Å². The molecule has 4 rings (SSSR count). The minimum Gasteiger partial charge on any atom is -0.504 e. The minimum absolute atomic E-state index is 0.0568. The van der Waals surface area contributed by atoms with Crippen molar-refractivity contribution < 1.29 is 20.1 Å². The lowest BCUT2D eigenvalue weighted by atomic mass is 9.95. The lowest BCUT2D eigenvalue weighted by molar-refractivity contribution is 0.103. The van der Waals surface area contributed by atoms with Crippen LogP contribution in [0.3, 0.4) is 0 Å². The van der Waals surface area contributed by atoms with E-state index in [1.54, 1.807) is 12.1 Å². The lowest BCUT2D eigenvalue weighted by Crippen LogP contribution is -2.04. The van der Waals surface area contributed by atoms with E-state index >= 15 is 0 Å². The molecule has 0 fully saturated rings. The molecular weight excluding hydrogens is 472 g/mol. The number of aryl methyl sites for hydroxylation is 2. The smallest absolute Gasteiger partial charge is 0.201 e. The summed E-state index contributed by atoms with van der Waals surface area (Å²) in [6, 6.07) is 25.9. The maximum atomic E-state index is 13.2. The molecule has 0 aliphatic heterocycles. The maximum absolute atomic E-state index is 13.2. The third-order valence-electron chi connectivity index (χ3n) is 6.09. The van der Waals surface area contributed by atoms with Crippen LogP contribution in [0.5, 0.6) is 17.2 Å². The molecular formula is C34H24O4. The van der Waals surface area contributed by atoms with Crippen LogP contribution in [-0.4, -0.2) is 21.1 Å². The number of carbonyl (C=O) groups is 1. The second kappa shape index (κ2) is 12.0. The average molecular weight is 497 g/mol. The van der Waals surface area contributed by atoms with Crippen LogP contribution in [0.1, 0.15) is 39.0 Å². The van der Waals surface area contributed by atoms with Gasteiger partial charge in [0.2, 0.25) is 5.75 Å². The van der Waals surface area contributed by atoms with Crippen molar-refractivity contribution >= 4 is 5.78 Å². The zero-order valence-corrected chi connectivity index (χ0v) is 20.5. The Labute approximate surface area is 222 Å². The Morgan fingerprint density at radius 2 is 1.37 bits per heavy atom. The molecule has 0 saturated heterocycles. The van der Waals surface area contributed by atoms with E-state index in [0.29, 0.717) is 24.0 Å². The van der Waals surface area contributed by atoms with E-state index in [1.165, 1.54) is 6.07 Å². The standard InChI is InChI=1S/C34H24O4/c1-2-3-4-6-12-25-15-17-26(18-16-25)27-19-21-28(22-20-27)31(35)30-23-29(32(36)34(38)33(30)37)14-9-13-24-10-7-5-8-11-24/h1,5,7-8,10-11,15-23,36-38H,9,13-14H2. The molecule has 0 aliphatic carbocycles. The Balaban J connectivity index is 1.51. The van der Waals surface area contributed by atoms with E-state index in [1.807, 2.05) is 66.7 Å². The normalized spacial score (nSPS) is 9.87. The third kappa shape index (κ3) is 6.06. The molecule has 184 valence electrons. The van der Waals surface area contributed by atoms with E-state index < -0.39 is 23.0 Å².